The molecule has 1 aromatic carbocycles. The van der Waals surface area contributed by atoms with Crippen molar-refractivity contribution in [2.24, 2.45) is 0 Å². The van der Waals surface area contributed by atoms with Crippen molar-refractivity contribution in [2.45, 2.75) is 26.4 Å². The lowest BCUT2D eigenvalue weighted by Crippen LogP contribution is -2.18. The van der Waals surface area contributed by atoms with Crippen molar-refractivity contribution in [2.75, 3.05) is 18.5 Å². The lowest BCUT2D eigenvalue weighted by Gasteiger charge is -2.14. The van der Waals surface area contributed by atoms with Gasteiger partial charge >= 0.3 is 5.97 Å². The van der Waals surface area contributed by atoms with Crippen LogP contribution < -0.4 is 5.32 Å². The first-order chi connectivity index (χ1) is 9.47. The van der Waals surface area contributed by atoms with Crippen LogP contribution in [-0.2, 0) is 16.0 Å². The summed E-state index contributed by atoms with van der Waals surface area (Å²) in [5.74, 6) is -0.727. The van der Waals surface area contributed by atoms with Crippen molar-refractivity contribution in [1.29, 1.82) is 0 Å². The van der Waals surface area contributed by atoms with Gasteiger partial charge in [0.15, 0.2) is 0 Å². The molecule has 0 saturated carbocycles. The van der Waals surface area contributed by atoms with E-state index in [9.17, 15) is 14.7 Å². The molecular formula is C14H19NO5. The number of hydrogen-bond donors (Lipinski definition) is 3. The standard InChI is InChI=1S/C14H19NO5/c1-3-20-14(19)10-4-5-13(15-9(2)17)11(6-10)7-12(18)8-16/h4-6,12,16,18H,3,7-8H2,1-2H3,(H,15,17)/t12-/m1/s1. The average Bonchev–Trinajstić information content (AvgIpc) is 2.40. The molecule has 0 spiro atoms. The minimum atomic E-state index is -0.958. The summed E-state index contributed by atoms with van der Waals surface area (Å²) in [6, 6.07) is 4.66. The summed E-state index contributed by atoms with van der Waals surface area (Å²) in [6.07, 6.45) is -0.834. The summed E-state index contributed by atoms with van der Waals surface area (Å²) < 4.78 is 4.90. The van der Waals surface area contributed by atoms with E-state index >= 15 is 0 Å². The number of aliphatic hydroxyl groups excluding tert-OH is 2. The van der Waals surface area contributed by atoms with Crippen LogP contribution in [0.4, 0.5) is 5.69 Å². The summed E-state index contributed by atoms with van der Waals surface area (Å²) >= 11 is 0. The van der Waals surface area contributed by atoms with Crippen LogP contribution in [0.3, 0.4) is 0 Å². The van der Waals surface area contributed by atoms with Gasteiger partial charge in [-0.05, 0) is 30.7 Å². The third-order valence-corrected chi connectivity index (χ3v) is 2.59. The Morgan fingerprint density at radius 1 is 1.40 bits per heavy atom. The number of carbonyl (C=O) groups is 2. The number of hydrogen-bond acceptors (Lipinski definition) is 5. The van der Waals surface area contributed by atoms with Crippen LogP contribution in [0.25, 0.3) is 0 Å². The Bertz CT molecular complexity index is 486. The van der Waals surface area contributed by atoms with Gasteiger partial charge in [0.1, 0.15) is 0 Å². The minimum absolute atomic E-state index is 0.124. The highest BCUT2D eigenvalue weighted by atomic mass is 16.5. The average molecular weight is 281 g/mol. The van der Waals surface area contributed by atoms with Gasteiger partial charge in [-0.15, -0.1) is 0 Å². The summed E-state index contributed by atoms with van der Waals surface area (Å²) in [5, 5.41) is 21.0. The van der Waals surface area contributed by atoms with Gasteiger partial charge in [-0.25, -0.2) is 4.79 Å². The number of rotatable bonds is 6. The predicted octanol–water partition coefficient (Wildman–Crippen LogP) is 0.717. The number of esters is 1. The first-order valence-electron chi connectivity index (χ1n) is 6.34. The largest absolute Gasteiger partial charge is 0.462 e. The molecule has 0 aliphatic rings. The third kappa shape index (κ3) is 4.64. The second kappa shape index (κ2) is 7.62. The lowest BCUT2D eigenvalue weighted by molar-refractivity contribution is -0.114. The maximum atomic E-state index is 11.7. The molecule has 110 valence electrons. The smallest absolute Gasteiger partial charge is 0.338 e. The zero-order valence-corrected chi connectivity index (χ0v) is 11.5. The highest BCUT2D eigenvalue weighted by molar-refractivity contribution is 5.93. The number of amides is 1. The van der Waals surface area contributed by atoms with E-state index < -0.39 is 18.7 Å². The van der Waals surface area contributed by atoms with Crippen LogP contribution in [0.1, 0.15) is 29.8 Å². The second-order valence-electron chi connectivity index (χ2n) is 4.31. The van der Waals surface area contributed by atoms with Crippen molar-refractivity contribution in [3.8, 4) is 0 Å². The molecule has 0 fully saturated rings. The quantitative estimate of drug-likeness (QED) is 0.668. The highest BCUT2D eigenvalue weighted by Crippen LogP contribution is 2.20. The molecule has 0 aromatic heterocycles. The number of aliphatic hydroxyl groups is 2. The number of anilines is 1. The summed E-state index contributed by atoms with van der Waals surface area (Å²) in [4.78, 5) is 22.8. The molecule has 0 aliphatic carbocycles. The zero-order valence-electron chi connectivity index (χ0n) is 11.5. The fraction of sp³-hybridized carbons (Fsp3) is 0.429. The molecule has 6 nitrogen and oxygen atoms in total. The summed E-state index contributed by atoms with van der Waals surface area (Å²) in [6.45, 7) is 2.94. The Kier molecular flexibility index (Phi) is 6.14. The van der Waals surface area contributed by atoms with Crippen LogP contribution in [0.2, 0.25) is 0 Å². The minimum Gasteiger partial charge on any atom is -0.462 e. The van der Waals surface area contributed by atoms with E-state index in [0.717, 1.165) is 0 Å². The van der Waals surface area contributed by atoms with E-state index in [-0.39, 0.29) is 18.9 Å². The fourth-order valence-electron chi connectivity index (χ4n) is 1.73. The van der Waals surface area contributed by atoms with Gasteiger partial charge in [-0.2, -0.15) is 0 Å². The number of carbonyl (C=O) groups excluding carboxylic acids is 2. The van der Waals surface area contributed by atoms with Gasteiger partial charge in [0, 0.05) is 19.0 Å². The van der Waals surface area contributed by atoms with Gasteiger partial charge < -0.3 is 20.3 Å². The van der Waals surface area contributed by atoms with Crippen molar-refractivity contribution in [1.82, 2.24) is 0 Å². The van der Waals surface area contributed by atoms with Gasteiger partial charge in [0.05, 0.1) is 24.9 Å². The maximum absolute atomic E-state index is 11.7. The first-order valence-corrected chi connectivity index (χ1v) is 6.34. The lowest BCUT2D eigenvalue weighted by atomic mass is 10.0. The molecule has 3 N–H and O–H groups in total. The molecule has 0 radical (unpaired) electrons. The molecule has 1 amide bonds. The second-order valence-corrected chi connectivity index (χ2v) is 4.31. The monoisotopic (exact) mass is 281 g/mol. The van der Waals surface area contributed by atoms with Crippen molar-refractivity contribution >= 4 is 17.6 Å². The summed E-state index contributed by atoms with van der Waals surface area (Å²) in [5.41, 5.74) is 1.39. The van der Waals surface area contributed by atoms with Crippen LogP contribution in [0, 0.1) is 0 Å². The van der Waals surface area contributed by atoms with Crippen molar-refractivity contribution < 1.29 is 24.5 Å². The predicted molar refractivity (Wildman–Crippen MR) is 73.5 cm³/mol. The molecule has 1 aromatic rings. The highest BCUT2D eigenvalue weighted by Gasteiger charge is 2.14. The Morgan fingerprint density at radius 3 is 2.65 bits per heavy atom. The Labute approximate surface area is 117 Å². The molecule has 20 heavy (non-hydrogen) atoms. The van der Waals surface area contributed by atoms with Crippen LogP contribution >= 0.6 is 0 Å². The zero-order chi connectivity index (χ0) is 15.1. The van der Waals surface area contributed by atoms with Crippen molar-refractivity contribution in [3.63, 3.8) is 0 Å². The van der Waals surface area contributed by atoms with E-state index in [1.165, 1.54) is 13.0 Å². The molecule has 1 rings (SSSR count). The van der Waals surface area contributed by atoms with E-state index in [4.69, 9.17) is 9.84 Å². The molecule has 0 unspecified atom stereocenters. The van der Waals surface area contributed by atoms with E-state index in [1.54, 1.807) is 19.1 Å². The van der Waals surface area contributed by atoms with Gasteiger partial charge in [-0.1, -0.05) is 0 Å². The van der Waals surface area contributed by atoms with E-state index in [0.29, 0.717) is 16.8 Å². The van der Waals surface area contributed by atoms with Crippen LogP contribution in [0.15, 0.2) is 18.2 Å². The SMILES string of the molecule is CCOC(=O)c1ccc(NC(C)=O)c(C[C@@H](O)CO)c1. The number of nitrogens with one attached hydrogen (secondary N) is 1. The molecule has 0 bridgehead atoms. The molecular weight excluding hydrogens is 262 g/mol. The maximum Gasteiger partial charge on any atom is 0.338 e. The Hall–Kier alpha value is -1.92. The fourth-order valence-corrected chi connectivity index (χ4v) is 1.73. The number of ether oxygens (including phenoxy) is 1. The first kappa shape index (κ1) is 16.1. The van der Waals surface area contributed by atoms with Gasteiger partial charge in [0.2, 0.25) is 5.91 Å². The van der Waals surface area contributed by atoms with Gasteiger partial charge in [0.25, 0.3) is 0 Å². The molecule has 0 aliphatic heterocycles. The molecule has 6 heteroatoms. The Balaban J connectivity index is 3.06. The van der Waals surface area contributed by atoms with Crippen LogP contribution in [0.5, 0.6) is 0 Å². The normalized spacial score (nSPS) is 11.8. The molecule has 0 heterocycles. The van der Waals surface area contributed by atoms with Crippen molar-refractivity contribution in [3.05, 3.63) is 29.3 Å². The van der Waals surface area contributed by atoms with E-state index in [1.807, 2.05) is 0 Å². The van der Waals surface area contributed by atoms with E-state index in [2.05, 4.69) is 5.32 Å². The third-order valence-electron chi connectivity index (χ3n) is 2.59. The molecule has 1 atom stereocenters. The Morgan fingerprint density at radius 2 is 2.10 bits per heavy atom. The topological polar surface area (TPSA) is 95.9 Å². The van der Waals surface area contributed by atoms with Gasteiger partial charge in [-0.3, -0.25) is 4.79 Å². The van der Waals surface area contributed by atoms with Crippen LogP contribution in [-0.4, -0.2) is 41.4 Å². The molecule has 0 saturated heterocycles. The number of benzene rings is 1. The summed E-state index contributed by atoms with van der Waals surface area (Å²) in [7, 11) is 0.